The van der Waals surface area contributed by atoms with Crippen molar-refractivity contribution in [1.29, 1.82) is 0 Å². The molecule has 0 aromatic carbocycles. The first-order valence-electron chi connectivity index (χ1n) is 5.49. The molecule has 1 rings (SSSR count). The van der Waals surface area contributed by atoms with E-state index < -0.39 is 0 Å². The van der Waals surface area contributed by atoms with Gasteiger partial charge in [-0.2, -0.15) is 0 Å². The Morgan fingerprint density at radius 2 is 2.08 bits per heavy atom. The van der Waals surface area contributed by atoms with Gasteiger partial charge in [0.25, 0.3) is 0 Å². The molecule has 0 aromatic heterocycles. The minimum absolute atomic E-state index is 0.468. The van der Waals surface area contributed by atoms with Crippen LogP contribution in [0.15, 0.2) is 0 Å². The molecule has 0 bridgehead atoms. The van der Waals surface area contributed by atoms with Crippen LogP contribution in [0.5, 0.6) is 0 Å². The van der Waals surface area contributed by atoms with Crippen LogP contribution >= 0.6 is 0 Å². The molecule has 1 saturated heterocycles. The highest BCUT2D eigenvalue weighted by Gasteiger charge is 2.25. The van der Waals surface area contributed by atoms with E-state index in [9.17, 15) is 0 Å². The Morgan fingerprint density at radius 1 is 1.38 bits per heavy atom. The summed E-state index contributed by atoms with van der Waals surface area (Å²) in [7, 11) is 0. The highest BCUT2D eigenvalue weighted by Crippen LogP contribution is 2.26. The Balaban J connectivity index is 2.30. The highest BCUT2D eigenvalue weighted by atomic mass is 16.5. The van der Waals surface area contributed by atoms with E-state index in [1.165, 1.54) is 12.8 Å². The molecule has 0 aliphatic carbocycles. The lowest BCUT2D eigenvalue weighted by molar-refractivity contribution is 0.0370. The molecule has 78 valence electrons. The van der Waals surface area contributed by atoms with E-state index in [0.717, 1.165) is 13.0 Å². The van der Waals surface area contributed by atoms with E-state index >= 15 is 0 Å². The van der Waals surface area contributed by atoms with E-state index in [1.54, 1.807) is 0 Å². The van der Waals surface area contributed by atoms with Gasteiger partial charge >= 0.3 is 0 Å². The number of nitrogens with two attached hydrogens (primary N) is 1. The number of ether oxygens (including phenoxy) is 1. The lowest BCUT2D eigenvalue weighted by atomic mass is 9.89. The fourth-order valence-electron chi connectivity index (χ4n) is 2.04. The molecule has 1 fully saturated rings. The first kappa shape index (κ1) is 11.0. The Hall–Kier alpha value is -0.0800. The van der Waals surface area contributed by atoms with Gasteiger partial charge in [-0.3, -0.25) is 0 Å². The van der Waals surface area contributed by atoms with Crippen molar-refractivity contribution in [3.8, 4) is 0 Å². The van der Waals surface area contributed by atoms with Gasteiger partial charge in [0.15, 0.2) is 0 Å². The molecular weight excluding hydrogens is 162 g/mol. The second kappa shape index (κ2) is 4.97. The standard InChI is InChI=1S/C11H23NO/c1-8(2)10(7-12)6-11-5-4-9(3)13-11/h8-11H,4-7,12H2,1-3H3. The van der Waals surface area contributed by atoms with Gasteiger partial charge in [0, 0.05) is 0 Å². The Bertz CT molecular complexity index is 147. The van der Waals surface area contributed by atoms with Gasteiger partial charge in [0.2, 0.25) is 0 Å². The number of hydrogen-bond donors (Lipinski definition) is 1. The first-order valence-corrected chi connectivity index (χ1v) is 5.49. The van der Waals surface area contributed by atoms with Crippen LogP contribution in [0.3, 0.4) is 0 Å². The van der Waals surface area contributed by atoms with E-state index in [-0.39, 0.29) is 0 Å². The van der Waals surface area contributed by atoms with Crippen LogP contribution in [0.2, 0.25) is 0 Å². The summed E-state index contributed by atoms with van der Waals surface area (Å²) in [4.78, 5) is 0. The summed E-state index contributed by atoms with van der Waals surface area (Å²) in [6.45, 7) is 7.45. The van der Waals surface area contributed by atoms with Crippen molar-refractivity contribution < 1.29 is 4.74 Å². The third-order valence-corrected chi connectivity index (χ3v) is 3.13. The molecule has 0 amide bonds. The lowest BCUT2D eigenvalue weighted by Crippen LogP contribution is -2.25. The van der Waals surface area contributed by atoms with Gasteiger partial charge in [-0.15, -0.1) is 0 Å². The van der Waals surface area contributed by atoms with Crippen LogP contribution in [0.25, 0.3) is 0 Å². The van der Waals surface area contributed by atoms with Crippen molar-refractivity contribution in [2.75, 3.05) is 6.54 Å². The molecule has 0 aromatic rings. The second-order valence-corrected chi connectivity index (χ2v) is 4.62. The molecule has 0 spiro atoms. The zero-order chi connectivity index (χ0) is 9.84. The van der Waals surface area contributed by atoms with Crippen LogP contribution in [0, 0.1) is 11.8 Å². The van der Waals surface area contributed by atoms with Gasteiger partial charge in [0.05, 0.1) is 12.2 Å². The summed E-state index contributed by atoms with van der Waals surface area (Å²) in [5.74, 6) is 1.32. The third-order valence-electron chi connectivity index (χ3n) is 3.13. The number of rotatable bonds is 4. The molecule has 2 nitrogen and oxygen atoms in total. The Labute approximate surface area is 81.8 Å². The minimum atomic E-state index is 0.468. The van der Waals surface area contributed by atoms with E-state index in [2.05, 4.69) is 20.8 Å². The van der Waals surface area contributed by atoms with E-state index in [4.69, 9.17) is 10.5 Å². The van der Waals surface area contributed by atoms with Gasteiger partial charge in [-0.25, -0.2) is 0 Å². The molecule has 0 radical (unpaired) electrons. The fourth-order valence-corrected chi connectivity index (χ4v) is 2.04. The maximum atomic E-state index is 5.79. The topological polar surface area (TPSA) is 35.2 Å². The monoisotopic (exact) mass is 185 g/mol. The molecule has 3 unspecified atom stereocenters. The third kappa shape index (κ3) is 3.28. The Morgan fingerprint density at radius 3 is 2.46 bits per heavy atom. The van der Waals surface area contributed by atoms with Crippen LogP contribution in [-0.4, -0.2) is 18.8 Å². The smallest absolute Gasteiger partial charge is 0.0583 e. The fraction of sp³-hybridized carbons (Fsp3) is 1.00. The molecule has 3 atom stereocenters. The van der Waals surface area contributed by atoms with Crippen LogP contribution in [0.4, 0.5) is 0 Å². The summed E-state index contributed by atoms with van der Waals surface area (Å²) in [6.07, 6.45) is 4.55. The molecule has 1 aliphatic heterocycles. The summed E-state index contributed by atoms with van der Waals surface area (Å²) in [5.41, 5.74) is 5.73. The van der Waals surface area contributed by atoms with Gasteiger partial charge in [0.1, 0.15) is 0 Å². The molecule has 0 saturated carbocycles. The molecular formula is C11H23NO. The SMILES string of the molecule is CC1CCC(CC(CN)C(C)C)O1. The zero-order valence-corrected chi connectivity index (χ0v) is 9.12. The molecule has 1 heterocycles. The maximum Gasteiger partial charge on any atom is 0.0583 e. The average molecular weight is 185 g/mol. The van der Waals surface area contributed by atoms with Crippen LogP contribution < -0.4 is 5.73 Å². The largest absolute Gasteiger partial charge is 0.375 e. The summed E-state index contributed by atoms with van der Waals surface area (Å²) in [6, 6.07) is 0. The molecule has 13 heavy (non-hydrogen) atoms. The zero-order valence-electron chi connectivity index (χ0n) is 9.12. The van der Waals surface area contributed by atoms with Crippen LogP contribution in [-0.2, 0) is 4.74 Å². The van der Waals surface area contributed by atoms with Crippen molar-refractivity contribution >= 4 is 0 Å². The highest BCUT2D eigenvalue weighted by molar-refractivity contribution is 4.75. The van der Waals surface area contributed by atoms with Gasteiger partial charge < -0.3 is 10.5 Å². The van der Waals surface area contributed by atoms with Gasteiger partial charge in [-0.05, 0) is 44.6 Å². The molecule has 2 N–H and O–H groups in total. The summed E-state index contributed by atoms with van der Waals surface area (Å²) in [5, 5.41) is 0. The first-order chi connectivity index (χ1) is 6.13. The molecule has 1 aliphatic rings. The normalized spacial score (nSPS) is 31.2. The van der Waals surface area contributed by atoms with Crippen molar-refractivity contribution in [2.24, 2.45) is 17.6 Å². The van der Waals surface area contributed by atoms with Crippen LogP contribution in [0.1, 0.15) is 40.0 Å². The number of hydrogen-bond acceptors (Lipinski definition) is 2. The van der Waals surface area contributed by atoms with Crippen molar-refractivity contribution in [3.63, 3.8) is 0 Å². The summed E-state index contributed by atoms with van der Waals surface area (Å²) >= 11 is 0. The quantitative estimate of drug-likeness (QED) is 0.728. The van der Waals surface area contributed by atoms with Gasteiger partial charge in [-0.1, -0.05) is 13.8 Å². The lowest BCUT2D eigenvalue weighted by Gasteiger charge is -2.22. The van der Waals surface area contributed by atoms with Crippen molar-refractivity contribution in [1.82, 2.24) is 0 Å². The van der Waals surface area contributed by atoms with E-state index in [0.29, 0.717) is 24.0 Å². The van der Waals surface area contributed by atoms with Crippen molar-refractivity contribution in [3.05, 3.63) is 0 Å². The molecule has 2 heteroatoms. The predicted molar refractivity (Wildman–Crippen MR) is 55.6 cm³/mol. The van der Waals surface area contributed by atoms with E-state index in [1.807, 2.05) is 0 Å². The average Bonchev–Trinajstić information content (AvgIpc) is 2.46. The Kier molecular flexibility index (Phi) is 4.20. The van der Waals surface area contributed by atoms with Crippen molar-refractivity contribution in [2.45, 2.75) is 52.2 Å². The predicted octanol–water partition coefficient (Wildman–Crippen LogP) is 2.17. The second-order valence-electron chi connectivity index (χ2n) is 4.62. The minimum Gasteiger partial charge on any atom is -0.375 e. The maximum absolute atomic E-state index is 5.79. The summed E-state index contributed by atoms with van der Waals surface area (Å²) < 4.78 is 5.79.